The molecule has 0 unspecified atom stereocenters. The molecule has 6 nitrogen and oxygen atoms in total. The molecule has 1 heterocycles. The number of rotatable bonds is 6. The van der Waals surface area contributed by atoms with Gasteiger partial charge in [0, 0.05) is 64.6 Å². The minimum Gasteiger partial charge on any atom is -0.368 e. The van der Waals surface area contributed by atoms with Crippen molar-refractivity contribution in [2.75, 3.05) is 58.3 Å². The van der Waals surface area contributed by atoms with Gasteiger partial charge in [0.2, 0.25) is 0 Å². The SMILES string of the molecule is CCNC(=NCCc1cccc(C(=O)N(C)C)c1)N1CCN(c2ccc(F)cc2)CC1.I. The number of nitrogens with one attached hydrogen (secondary N) is 1. The highest BCUT2D eigenvalue weighted by molar-refractivity contribution is 14.0. The summed E-state index contributed by atoms with van der Waals surface area (Å²) in [6, 6.07) is 14.4. The summed E-state index contributed by atoms with van der Waals surface area (Å²) in [5, 5.41) is 3.39. The first-order chi connectivity index (χ1) is 15.0. The van der Waals surface area contributed by atoms with Crippen molar-refractivity contribution in [3.63, 3.8) is 0 Å². The second-order valence-corrected chi connectivity index (χ2v) is 7.84. The topological polar surface area (TPSA) is 51.2 Å². The minimum atomic E-state index is -0.208. The summed E-state index contributed by atoms with van der Waals surface area (Å²) in [4.78, 5) is 23.1. The van der Waals surface area contributed by atoms with E-state index in [0.717, 1.165) is 56.4 Å². The second-order valence-electron chi connectivity index (χ2n) is 7.84. The molecule has 1 N–H and O–H groups in total. The van der Waals surface area contributed by atoms with Gasteiger partial charge in [-0.1, -0.05) is 12.1 Å². The van der Waals surface area contributed by atoms with Gasteiger partial charge in [0.15, 0.2) is 5.96 Å². The van der Waals surface area contributed by atoms with Gasteiger partial charge in [-0.25, -0.2) is 4.39 Å². The van der Waals surface area contributed by atoms with Crippen molar-refractivity contribution in [3.8, 4) is 0 Å². The number of benzene rings is 2. The number of piperazine rings is 1. The maximum atomic E-state index is 13.2. The summed E-state index contributed by atoms with van der Waals surface area (Å²) in [6.45, 7) is 6.98. The van der Waals surface area contributed by atoms with E-state index in [9.17, 15) is 9.18 Å². The van der Waals surface area contributed by atoms with Crippen LogP contribution in [0.25, 0.3) is 0 Å². The third-order valence-corrected chi connectivity index (χ3v) is 5.35. The van der Waals surface area contributed by atoms with Crippen molar-refractivity contribution in [2.24, 2.45) is 4.99 Å². The van der Waals surface area contributed by atoms with E-state index in [4.69, 9.17) is 4.99 Å². The van der Waals surface area contributed by atoms with Crippen LogP contribution in [0.3, 0.4) is 0 Å². The van der Waals surface area contributed by atoms with Crippen LogP contribution < -0.4 is 10.2 Å². The van der Waals surface area contributed by atoms with Gasteiger partial charge in [0.1, 0.15) is 5.82 Å². The van der Waals surface area contributed by atoms with Crippen molar-refractivity contribution < 1.29 is 9.18 Å². The van der Waals surface area contributed by atoms with Gasteiger partial charge in [-0.15, -0.1) is 24.0 Å². The number of carbonyl (C=O) groups is 1. The molecule has 0 radical (unpaired) electrons. The molecule has 1 saturated heterocycles. The number of amides is 1. The van der Waals surface area contributed by atoms with E-state index in [0.29, 0.717) is 12.1 Å². The number of hydrogen-bond acceptors (Lipinski definition) is 3. The van der Waals surface area contributed by atoms with Gasteiger partial charge >= 0.3 is 0 Å². The highest BCUT2D eigenvalue weighted by Gasteiger charge is 2.19. The predicted molar refractivity (Wildman–Crippen MR) is 140 cm³/mol. The summed E-state index contributed by atoms with van der Waals surface area (Å²) < 4.78 is 13.2. The Bertz CT molecular complexity index is 896. The molecule has 8 heteroatoms. The van der Waals surface area contributed by atoms with E-state index in [2.05, 4.69) is 22.0 Å². The molecule has 3 rings (SSSR count). The first-order valence-electron chi connectivity index (χ1n) is 10.8. The predicted octanol–water partition coefficient (Wildman–Crippen LogP) is 3.48. The number of nitrogens with zero attached hydrogens (tertiary/aromatic N) is 4. The van der Waals surface area contributed by atoms with Crippen molar-refractivity contribution >= 4 is 41.5 Å². The monoisotopic (exact) mass is 553 g/mol. The van der Waals surface area contributed by atoms with E-state index in [1.165, 1.54) is 12.1 Å². The third kappa shape index (κ3) is 7.08. The Hall–Kier alpha value is -2.36. The number of hydrogen-bond donors (Lipinski definition) is 1. The fraction of sp³-hybridized carbons (Fsp3) is 0.417. The van der Waals surface area contributed by atoms with Gasteiger partial charge < -0.3 is 20.0 Å². The molecule has 1 aliphatic rings. The molecule has 0 spiro atoms. The third-order valence-electron chi connectivity index (χ3n) is 5.35. The molecule has 0 aliphatic carbocycles. The number of guanidine groups is 1. The van der Waals surface area contributed by atoms with Crippen LogP contribution in [-0.2, 0) is 6.42 Å². The Morgan fingerprint density at radius 1 is 1.09 bits per heavy atom. The van der Waals surface area contributed by atoms with Gasteiger partial charge in [0.25, 0.3) is 5.91 Å². The molecule has 1 amide bonds. The minimum absolute atomic E-state index is 0. The Morgan fingerprint density at radius 3 is 2.41 bits per heavy atom. The average molecular weight is 553 g/mol. The molecule has 1 fully saturated rings. The van der Waals surface area contributed by atoms with Gasteiger partial charge in [-0.3, -0.25) is 9.79 Å². The van der Waals surface area contributed by atoms with Crippen molar-refractivity contribution in [2.45, 2.75) is 13.3 Å². The summed E-state index contributed by atoms with van der Waals surface area (Å²) in [5.41, 5.74) is 2.86. The van der Waals surface area contributed by atoms with E-state index in [1.54, 1.807) is 19.0 Å². The molecule has 1 aliphatic heterocycles. The smallest absolute Gasteiger partial charge is 0.253 e. The Morgan fingerprint density at radius 2 is 1.78 bits per heavy atom. The lowest BCUT2D eigenvalue weighted by atomic mass is 10.1. The molecule has 0 bridgehead atoms. The summed E-state index contributed by atoms with van der Waals surface area (Å²) >= 11 is 0. The standard InChI is InChI=1S/C24H32FN5O.HI/c1-4-26-24(27-13-12-19-6-5-7-20(18-19)23(31)28(2)3)30-16-14-29(15-17-30)22-10-8-21(25)9-11-22;/h5-11,18H,4,12-17H2,1-3H3,(H,26,27);1H. The zero-order valence-electron chi connectivity index (χ0n) is 19.1. The van der Waals surface area contributed by atoms with E-state index in [-0.39, 0.29) is 35.7 Å². The van der Waals surface area contributed by atoms with E-state index < -0.39 is 0 Å². The molecular formula is C24H33FIN5O. The normalized spacial score (nSPS) is 14.1. The van der Waals surface area contributed by atoms with E-state index in [1.807, 2.05) is 36.4 Å². The van der Waals surface area contributed by atoms with E-state index >= 15 is 0 Å². The molecule has 0 aromatic heterocycles. The zero-order valence-corrected chi connectivity index (χ0v) is 21.4. The van der Waals surface area contributed by atoms with Crippen molar-refractivity contribution in [1.29, 1.82) is 0 Å². The Labute approximate surface area is 207 Å². The molecule has 0 atom stereocenters. The molecule has 2 aromatic rings. The largest absolute Gasteiger partial charge is 0.368 e. The maximum absolute atomic E-state index is 13.2. The lowest BCUT2D eigenvalue weighted by Crippen LogP contribution is -2.52. The van der Waals surface area contributed by atoms with Crippen LogP contribution in [0.1, 0.15) is 22.8 Å². The highest BCUT2D eigenvalue weighted by atomic mass is 127. The maximum Gasteiger partial charge on any atom is 0.253 e. The van der Waals surface area contributed by atoms with Crippen molar-refractivity contribution in [3.05, 3.63) is 65.5 Å². The summed E-state index contributed by atoms with van der Waals surface area (Å²) in [5.74, 6) is 0.722. The Kier molecular flexibility index (Phi) is 10.2. The molecular weight excluding hydrogens is 520 g/mol. The van der Waals surface area contributed by atoms with Crippen LogP contribution >= 0.6 is 24.0 Å². The van der Waals surface area contributed by atoms with Gasteiger partial charge in [-0.05, 0) is 55.3 Å². The molecule has 0 saturated carbocycles. The average Bonchev–Trinajstić information content (AvgIpc) is 2.79. The van der Waals surface area contributed by atoms with Crippen LogP contribution in [0.15, 0.2) is 53.5 Å². The summed E-state index contributed by atoms with van der Waals surface area (Å²) in [6.07, 6.45) is 0.777. The van der Waals surface area contributed by atoms with Gasteiger partial charge in [0.05, 0.1) is 0 Å². The van der Waals surface area contributed by atoms with Crippen molar-refractivity contribution in [1.82, 2.24) is 15.1 Å². The van der Waals surface area contributed by atoms with Crippen LogP contribution in [0.5, 0.6) is 0 Å². The number of halogens is 2. The number of aliphatic imine (C=N–C) groups is 1. The van der Waals surface area contributed by atoms with Gasteiger partial charge in [-0.2, -0.15) is 0 Å². The first kappa shape index (κ1) is 25.9. The first-order valence-corrected chi connectivity index (χ1v) is 10.8. The summed E-state index contributed by atoms with van der Waals surface area (Å²) in [7, 11) is 3.52. The van der Waals surface area contributed by atoms with Crippen LogP contribution in [0.2, 0.25) is 0 Å². The van der Waals surface area contributed by atoms with Crippen LogP contribution in [0, 0.1) is 5.82 Å². The fourth-order valence-electron chi connectivity index (χ4n) is 3.66. The zero-order chi connectivity index (χ0) is 22.2. The molecule has 174 valence electrons. The number of anilines is 1. The Balaban J connectivity index is 0.00000363. The second kappa shape index (κ2) is 12.6. The molecule has 2 aromatic carbocycles. The lowest BCUT2D eigenvalue weighted by molar-refractivity contribution is 0.0827. The van der Waals surface area contributed by atoms with Crippen LogP contribution in [-0.4, -0.2) is 75.0 Å². The molecule has 32 heavy (non-hydrogen) atoms. The lowest BCUT2D eigenvalue weighted by Gasteiger charge is -2.37. The fourth-order valence-corrected chi connectivity index (χ4v) is 3.66. The quantitative estimate of drug-likeness (QED) is 0.338. The van der Waals surface area contributed by atoms with Crippen LogP contribution in [0.4, 0.5) is 10.1 Å². The highest BCUT2D eigenvalue weighted by Crippen LogP contribution is 2.17. The number of carbonyl (C=O) groups excluding carboxylic acids is 1.